The van der Waals surface area contributed by atoms with Crippen LogP contribution in [-0.2, 0) is 0 Å². The number of benzene rings is 1. The minimum Gasteiger partial charge on any atom is -0.350 e. The van der Waals surface area contributed by atoms with Crippen LogP contribution < -0.4 is 10.2 Å². The van der Waals surface area contributed by atoms with Crippen LogP contribution in [0.15, 0.2) is 30.3 Å². The molecule has 1 amide bonds. The molecule has 1 fully saturated rings. The van der Waals surface area contributed by atoms with E-state index in [0.29, 0.717) is 11.4 Å². The quantitative estimate of drug-likeness (QED) is 0.476. The molecule has 29 heavy (non-hydrogen) atoms. The van der Waals surface area contributed by atoms with E-state index >= 15 is 0 Å². The molecule has 3 aromatic rings. The van der Waals surface area contributed by atoms with Crippen LogP contribution >= 0.6 is 22.7 Å². The van der Waals surface area contributed by atoms with E-state index in [1.807, 2.05) is 0 Å². The molecular formula is C19H21N5O3S2. The number of carbonyl (C=O) groups excluding carboxylic acids is 1. The number of thiophene rings is 1. The summed E-state index contributed by atoms with van der Waals surface area (Å²) in [4.78, 5) is 32.1. The van der Waals surface area contributed by atoms with Crippen molar-refractivity contribution < 1.29 is 9.72 Å². The Bertz CT molecular complexity index is 1040. The molecule has 1 aliphatic rings. The minimum atomic E-state index is -0.479. The van der Waals surface area contributed by atoms with Gasteiger partial charge in [-0.05, 0) is 30.7 Å². The Balaban J connectivity index is 1.24. The zero-order valence-corrected chi connectivity index (χ0v) is 17.6. The topological polar surface area (TPSA) is 91.6 Å². The molecule has 0 atom stereocenters. The third kappa shape index (κ3) is 4.55. The lowest BCUT2D eigenvalue weighted by Crippen LogP contribution is -2.48. The summed E-state index contributed by atoms with van der Waals surface area (Å²) < 4.78 is 1.22. The van der Waals surface area contributed by atoms with Crippen molar-refractivity contribution in [1.29, 1.82) is 0 Å². The normalized spacial score (nSPS) is 15.0. The van der Waals surface area contributed by atoms with Crippen LogP contribution in [0.2, 0.25) is 0 Å². The molecule has 1 aliphatic heterocycles. The summed E-state index contributed by atoms with van der Waals surface area (Å²) in [5.41, 5.74) is 2.30. The third-order valence-corrected chi connectivity index (χ3v) is 7.00. The number of hydrogen-bond acceptors (Lipinski definition) is 8. The Morgan fingerprint density at radius 3 is 2.72 bits per heavy atom. The zero-order valence-electron chi connectivity index (χ0n) is 16.0. The molecule has 2 aromatic heterocycles. The van der Waals surface area contributed by atoms with E-state index in [9.17, 15) is 14.9 Å². The number of nitrogens with zero attached hydrogens (tertiary/aromatic N) is 4. The lowest BCUT2D eigenvalue weighted by Gasteiger charge is -2.34. The number of anilines is 1. The van der Waals surface area contributed by atoms with E-state index in [-0.39, 0.29) is 10.9 Å². The number of nitro groups is 1. The van der Waals surface area contributed by atoms with Crippen molar-refractivity contribution in [2.45, 2.75) is 6.92 Å². The predicted octanol–water partition coefficient (Wildman–Crippen LogP) is 3.13. The first kappa shape index (κ1) is 19.7. The Kier molecular flexibility index (Phi) is 5.74. The van der Waals surface area contributed by atoms with Gasteiger partial charge in [-0.1, -0.05) is 28.7 Å². The van der Waals surface area contributed by atoms with E-state index in [2.05, 4.69) is 40.2 Å². The maximum absolute atomic E-state index is 12.1. The molecule has 0 radical (unpaired) electrons. The van der Waals surface area contributed by atoms with Gasteiger partial charge in [-0.25, -0.2) is 4.98 Å². The zero-order chi connectivity index (χ0) is 20.4. The van der Waals surface area contributed by atoms with E-state index in [0.717, 1.165) is 54.7 Å². The van der Waals surface area contributed by atoms with Gasteiger partial charge in [-0.3, -0.25) is 19.8 Å². The summed E-state index contributed by atoms with van der Waals surface area (Å²) in [5.74, 6) is -0.258. The van der Waals surface area contributed by atoms with Crippen molar-refractivity contribution in [2.75, 3.05) is 44.2 Å². The highest BCUT2D eigenvalue weighted by atomic mass is 32.1. The number of thiazole rings is 1. The van der Waals surface area contributed by atoms with Crippen molar-refractivity contribution in [3.63, 3.8) is 0 Å². The van der Waals surface area contributed by atoms with E-state index in [1.54, 1.807) is 11.3 Å². The second kappa shape index (κ2) is 8.44. The highest BCUT2D eigenvalue weighted by molar-refractivity contribution is 7.22. The van der Waals surface area contributed by atoms with E-state index < -0.39 is 4.92 Å². The minimum absolute atomic E-state index is 0.0173. The molecule has 0 aliphatic carbocycles. The van der Waals surface area contributed by atoms with Gasteiger partial charge in [-0.2, -0.15) is 0 Å². The Morgan fingerprint density at radius 2 is 2.00 bits per heavy atom. The number of amides is 1. The molecule has 152 valence electrons. The molecule has 0 saturated carbocycles. The van der Waals surface area contributed by atoms with Gasteiger partial charge >= 0.3 is 5.00 Å². The van der Waals surface area contributed by atoms with Crippen LogP contribution in [0.4, 0.5) is 10.1 Å². The molecule has 0 bridgehead atoms. The van der Waals surface area contributed by atoms with Crippen LogP contribution in [-0.4, -0.2) is 60.0 Å². The van der Waals surface area contributed by atoms with Gasteiger partial charge in [-0.15, -0.1) is 0 Å². The number of carbonyl (C=O) groups is 1. The van der Waals surface area contributed by atoms with Crippen molar-refractivity contribution in [2.24, 2.45) is 0 Å². The maximum Gasteiger partial charge on any atom is 0.324 e. The van der Waals surface area contributed by atoms with Crippen molar-refractivity contribution in [3.05, 3.63) is 50.9 Å². The predicted molar refractivity (Wildman–Crippen MR) is 116 cm³/mol. The number of rotatable bonds is 6. The summed E-state index contributed by atoms with van der Waals surface area (Å²) in [5, 5.41) is 14.6. The molecule has 1 aromatic carbocycles. The fourth-order valence-electron chi connectivity index (χ4n) is 3.28. The molecule has 1 saturated heterocycles. The summed E-state index contributed by atoms with van der Waals surface area (Å²) in [7, 11) is 0. The number of piperazine rings is 1. The smallest absolute Gasteiger partial charge is 0.324 e. The van der Waals surface area contributed by atoms with Crippen molar-refractivity contribution in [1.82, 2.24) is 15.2 Å². The van der Waals surface area contributed by atoms with Crippen LogP contribution in [0.25, 0.3) is 10.2 Å². The summed E-state index contributed by atoms with van der Waals surface area (Å²) >= 11 is 2.63. The van der Waals surface area contributed by atoms with E-state index in [4.69, 9.17) is 4.98 Å². The molecule has 4 rings (SSSR count). The van der Waals surface area contributed by atoms with Crippen LogP contribution in [0.1, 0.15) is 15.2 Å². The molecule has 1 N–H and O–H groups in total. The molecular weight excluding hydrogens is 410 g/mol. The average molecular weight is 432 g/mol. The first-order valence-electron chi connectivity index (χ1n) is 9.36. The first-order valence-corrected chi connectivity index (χ1v) is 11.0. The monoisotopic (exact) mass is 431 g/mol. The first-order chi connectivity index (χ1) is 14.0. The van der Waals surface area contributed by atoms with Gasteiger partial charge < -0.3 is 10.2 Å². The van der Waals surface area contributed by atoms with Gasteiger partial charge in [0.05, 0.1) is 20.0 Å². The second-order valence-electron chi connectivity index (χ2n) is 6.95. The van der Waals surface area contributed by atoms with Gasteiger partial charge in [0, 0.05) is 45.3 Å². The summed E-state index contributed by atoms with van der Waals surface area (Å²) in [6, 6.07) is 9.20. The van der Waals surface area contributed by atoms with Gasteiger partial charge in [0.25, 0.3) is 5.91 Å². The SMILES string of the molecule is Cc1ccc2nc(N3CCN(CCNC(=O)c4ccc([N+](=O)[O-])s4)CC3)sc2c1. The largest absolute Gasteiger partial charge is 0.350 e. The number of aryl methyl sites for hydroxylation is 1. The standard InChI is InChI=1S/C19H21N5O3S2/c1-13-2-3-14-16(12-13)29-19(21-14)23-10-8-22(9-11-23)7-6-20-18(25)15-4-5-17(28-15)24(26)27/h2-5,12H,6-11H2,1H3,(H,20,25). The fourth-order valence-corrected chi connectivity index (χ4v) is 5.13. The maximum atomic E-state index is 12.1. The highest BCUT2D eigenvalue weighted by Gasteiger charge is 2.20. The van der Waals surface area contributed by atoms with Crippen LogP contribution in [0, 0.1) is 17.0 Å². The lowest BCUT2D eigenvalue weighted by molar-refractivity contribution is -0.380. The second-order valence-corrected chi connectivity index (χ2v) is 9.02. The number of aromatic nitrogens is 1. The van der Waals surface area contributed by atoms with E-state index in [1.165, 1.54) is 22.4 Å². The third-order valence-electron chi connectivity index (χ3n) is 4.88. The van der Waals surface area contributed by atoms with Gasteiger partial charge in [0.15, 0.2) is 5.13 Å². The number of hydrogen-bond donors (Lipinski definition) is 1. The fraction of sp³-hybridized carbons (Fsp3) is 0.368. The Hall–Kier alpha value is -2.56. The van der Waals surface area contributed by atoms with Crippen LogP contribution in [0.3, 0.4) is 0 Å². The van der Waals surface area contributed by atoms with Crippen molar-refractivity contribution in [3.8, 4) is 0 Å². The Labute approximate surface area is 175 Å². The highest BCUT2D eigenvalue weighted by Crippen LogP contribution is 2.30. The molecule has 0 spiro atoms. The van der Waals surface area contributed by atoms with Gasteiger partial charge in [0.2, 0.25) is 0 Å². The van der Waals surface area contributed by atoms with Crippen molar-refractivity contribution >= 4 is 48.9 Å². The van der Waals surface area contributed by atoms with Crippen LogP contribution in [0.5, 0.6) is 0 Å². The summed E-state index contributed by atoms with van der Waals surface area (Å²) in [6.07, 6.45) is 0. The Morgan fingerprint density at radius 1 is 1.21 bits per heavy atom. The molecule has 8 nitrogen and oxygen atoms in total. The molecule has 3 heterocycles. The molecule has 0 unspecified atom stereocenters. The average Bonchev–Trinajstić information content (AvgIpc) is 3.35. The lowest BCUT2D eigenvalue weighted by atomic mass is 10.2. The number of nitrogens with one attached hydrogen (secondary N) is 1. The molecule has 10 heteroatoms. The summed E-state index contributed by atoms with van der Waals surface area (Å²) in [6.45, 7) is 7.01. The number of fused-ring (bicyclic) bond motifs is 1. The van der Waals surface area contributed by atoms with Gasteiger partial charge in [0.1, 0.15) is 0 Å².